The normalized spacial score (nSPS) is 16.5. The summed E-state index contributed by atoms with van der Waals surface area (Å²) in [7, 11) is 3.58. The predicted octanol–water partition coefficient (Wildman–Crippen LogP) is 2.81. The third kappa shape index (κ3) is 4.69. The van der Waals surface area contributed by atoms with Crippen molar-refractivity contribution in [3.05, 3.63) is 28.0 Å². The van der Waals surface area contributed by atoms with Crippen molar-refractivity contribution in [1.82, 2.24) is 14.8 Å². The summed E-state index contributed by atoms with van der Waals surface area (Å²) in [6, 6.07) is 3.84. The Labute approximate surface area is 151 Å². The summed E-state index contributed by atoms with van der Waals surface area (Å²) in [6.45, 7) is 6.80. The maximum Gasteiger partial charge on any atom is 0.319 e. The van der Waals surface area contributed by atoms with Crippen molar-refractivity contribution in [1.29, 1.82) is 0 Å². The van der Waals surface area contributed by atoms with Gasteiger partial charge >= 0.3 is 12.0 Å². The van der Waals surface area contributed by atoms with Crippen molar-refractivity contribution in [2.24, 2.45) is 0 Å². The second-order valence-corrected chi connectivity index (χ2v) is 7.94. The fourth-order valence-corrected chi connectivity index (χ4v) is 3.20. The number of hydrogen-bond donors (Lipinski definition) is 0. The molecule has 2 rings (SSSR count). The lowest BCUT2D eigenvalue weighted by atomic mass is 10.0. The van der Waals surface area contributed by atoms with Gasteiger partial charge in [0, 0.05) is 38.8 Å². The monoisotopic (exact) mass is 397 g/mol. The van der Waals surface area contributed by atoms with Gasteiger partial charge in [0.25, 0.3) is 0 Å². The van der Waals surface area contributed by atoms with Crippen LogP contribution in [0.1, 0.15) is 37.9 Å². The Morgan fingerprint density at radius 3 is 2.38 bits per heavy atom. The number of pyridine rings is 1. The smallest absolute Gasteiger partial charge is 0.319 e. The van der Waals surface area contributed by atoms with Crippen LogP contribution in [0.15, 0.2) is 16.7 Å². The minimum atomic E-state index is -0.499. The van der Waals surface area contributed by atoms with Gasteiger partial charge in [-0.25, -0.2) is 9.78 Å². The Morgan fingerprint density at radius 1 is 1.29 bits per heavy atom. The van der Waals surface area contributed by atoms with Crippen LogP contribution >= 0.6 is 15.9 Å². The molecule has 132 valence electrons. The third-order valence-electron chi connectivity index (χ3n) is 3.76. The highest BCUT2D eigenvalue weighted by Crippen LogP contribution is 2.25. The topological polar surface area (TPSA) is 62.7 Å². The lowest BCUT2D eigenvalue weighted by Crippen LogP contribution is -2.49. The summed E-state index contributed by atoms with van der Waals surface area (Å²) < 4.78 is 5.99. The number of aromatic nitrogens is 1. The maximum absolute atomic E-state index is 12.0. The molecule has 2 heterocycles. The molecule has 1 aliphatic heterocycles. The van der Waals surface area contributed by atoms with Gasteiger partial charge in [0.15, 0.2) is 0 Å². The van der Waals surface area contributed by atoms with E-state index < -0.39 is 5.60 Å². The molecule has 7 heteroatoms. The lowest BCUT2D eigenvalue weighted by Gasteiger charge is -2.36. The Bertz CT molecular complexity index is 628. The van der Waals surface area contributed by atoms with Gasteiger partial charge in [-0.05, 0) is 48.3 Å². The van der Waals surface area contributed by atoms with Crippen molar-refractivity contribution in [3.63, 3.8) is 0 Å². The summed E-state index contributed by atoms with van der Waals surface area (Å²) in [4.78, 5) is 31.8. The number of amides is 2. The van der Waals surface area contributed by atoms with E-state index >= 15 is 0 Å². The zero-order chi connectivity index (χ0) is 18.1. The van der Waals surface area contributed by atoms with E-state index in [1.807, 2.05) is 32.9 Å². The van der Waals surface area contributed by atoms with Crippen LogP contribution in [-0.2, 0) is 16.0 Å². The molecule has 1 fully saturated rings. The van der Waals surface area contributed by atoms with E-state index in [4.69, 9.17) is 4.74 Å². The molecule has 1 aromatic heterocycles. The molecule has 0 saturated carbocycles. The molecule has 6 nitrogen and oxygen atoms in total. The number of hydrogen-bond acceptors (Lipinski definition) is 4. The van der Waals surface area contributed by atoms with E-state index in [9.17, 15) is 9.59 Å². The number of urea groups is 1. The highest BCUT2D eigenvalue weighted by molar-refractivity contribution is 9.10. The van der Waals surface area contributed by atoms with E-state index in [0.717, 1.165) is 11.3 Å². The number of rotatable bonds is 3. The van der Waals surface area contributed by atoms with Crippen LogP contribution in [0.2, 0.25) is 0 Å². The third-order valence-corrected chi connectivity index (χ3v) is 4.45. The average molecular weight is 398 g/mol. The molecule has 0 N–H and O–H groups in total. The maximum atomic E-state index is 12.0. The molecule has 0 bridgehead atoms. The fourth-order valence-electron chi connectivity index (χ4n) is 2.72. The van der Waals surface area contributed by atoms with Gasteiger partial charge in [-0.15, -0.1) is 0 Å². The Balaban J connectivity index is 2.10. The Morgan fingerprint density at radius 2 is 1.88 bits per heavy atom. The molecule has 0 unspecified atom stereocenters. The standard InChI is InChI=1S/C17H24BrN3O3/c1-17(2,3)24-14(22)8-11-6-7-13(19-15(11)18)12-9-20(4)16(23)21(5)10-12/h6-7,12H,8-10H2,1-5H3. The summed E-state index contributed by atoms with van der Waals surface area (Å²) in [6.07, 6.45) is 0.175. The Hall–Kier alpha value is -1.63. The van der Waals surface area contributed by atoms with Gasteiger partial charge in [-0.1, -0.05) is 6.07 Å². The minimum Gasteiger partial charge on any atom is -0.460 e. The van der Waals surface area contributed by atoms with Gasteiger partial charge in [-0.3, -0.25) is 4.79 Å². The number of esters is 1. The number of ether oxygens (including phenoxy) is 1. The quantitative estimate of drug-likeness (QED) is 0.580. The molecule has 0 radical (unpaired) electrons. The molecule has 1 saturated heterocycles. The molecule has 0 spiro atoms. The van der Waals surface area contributed by atoms with Crippen LogP contribution in [0.3, 0.4) is 0 Å². The highest BCUT2D eigenvalue weighted by Gasteiger charge is 2.29. The van der Waals surface area contributed by atoms with E-state index in [-0.39, 0.29) is 24.3 Å². The largest absolute Gasteiger partial charge is 0.460 e. The summed E-state index contributed by atoms with van der Waals surface area (Å²) in [5, 5.41) is 0. The number of likely N-dealkylation sites (N-methyl/N-ethyl adjacent to an activating group) is 2. The first-order chi connectivity index (χ1) is 11.1. The molecule has 1 aromatic rings. The molecule has 1 aliphatic rings. The zero-order valence-electron chi connectivity index (χ0n) is 14.8. The van der Waals surface area contributed by atoms with Crippen LogP contribution in [0.5, 0.6) is 0 Å². The van der Waals surface area contributed by atoms with Gasteiger partial charge < -0.3 is 14.5 Å². The first kappa shape index (κ1) is 18.7. The molecule has 0 aromatic carbocycles. The number of carbonyl (C=O) groups excluding carboxylic acids is 2. The average Bonchev–Trinajstić information content (AvgIpc) is 2.44. The van der Waals surface area contributed by atoms with Crippen LogP contribution in [0.25, 0.3) is 0 Å². The summed E-state index contributed by atoms with van der Waals surface area (Å²) >= 11 is 3.45. The lowest BCUT2D eigenvalue weighted by molar-refractivity contribution is -0.153. The van der Waals surface area contributed by atoms with Crippen molar-refractivity contribution >= 4 is 27.9 Å². The van der Waals surface area contributed by atoms with E-state index in [2.05, 4.69) is 20.9 Å². The number of nitrogens with zero attached hydrogens (tertiary/aromatic N) is 3. The number of carbonyl (C=O) groups is 2. The van der Waals surface area contributed by atoms with Crippen LogP contribution in [0, 0.1) is 0 Å². The van der Waals surface area contributed by atoms with Crippen molar-refractivity contribution < 1.29 is 14.3 Å². The van der Waals surface area contributed by atoms with Gasteiger partial charge in [0.1, 0.15) is 10.2 Å². The van der Waals surface area contributed by atoms with Crippen molar-refractivity contribution in [3.8, 4) is 0 Å². The molecular weight excluding hydrogens is 374 g/mol. The molecular formula is C17H24BrN3O3. The molecule has 0 atom stereocenters. The van der Waals surface area contributed by atoms with Crippen LogP contribution in [-0.4, -0.2) is 59.6 Å². The molecule has 0 aliphatic carbocycles. The van der Waals surface area contributed by atoms with Crippen LogP contribution < -0.4 is 0 Å². The highest BCUT2D eigenvalue weighted by atomic mass is 79.9. The fraction of sp³-hybridized carbons (Fsp3) is 0.588. The molecule has 24 heavy (non-hydrogen) atoms. The zero-order valence-corrected chi connectivity index (χ0v) is 16.4. The predicted molar refractivity (Wildman–Crippen MR) is 94.9 cm³/mol. The second kappa shape index (κ2) is 7.09. The van der Waals surface area contributed by atoms with E-state index in [1.165, 1.54) is 0 Å². The van der Waals surface area contributed by atoms with Gasteiger partial charge in [0.2, 0.25) is 0 Å². The van der Waals surface area contributed by atoms with Crippen LogP contribution in [0.4, 0.5) is 4.79 Å². The first-order valence-corrected chi connectivity index (χ1v) is 8.69. The first-order valence-electron chi connectivity index (χ1n) is 7.90. The Kier molecular flexibility index (Phi) is 5.52. The molecule has 2 amide bonds. The van der Waals surface area contributed by atoms with Crippen molar-refractivity contribution in [2.45, 2.75) is 38.7 Å². The van der Waals surface area contributed by atoms with E-state index in [1.54, 1.807) is 23.9 Å². The van der Waals surface area contributed by atoms with Crippen molar-refractivity contribution in [2.75, 3.05) is 27.2 Å². The van der Waals surface area contributed by atoms with Gasteiger partial charge in [-0.2, -0.15) is 0 Å². The minimum absolute atomic E-state index is 0.0202. The van der Waals surface area contributed by atoms with Gasteiger partial charge in [0.05, 0.1) is 6.42 Å². The number of halogens is 1. The second-order valence-electron chi connectivity index (χ2n) is 7.19. The SMILES string of the molecule is CN1CC(c2ccc(CC(=O)OC(C)(C)C)c(Br)n2)CN(C)C1=O. The summed E-state index contributed by atoms with van der Waals surface area (Å²) in [5.74, 6) is -0.134. The van der Waals surface area contributed by atoms with E-state index in [0.29, 0.717) is 17.7 Å². The summed E-state index contributed by atoms with van der Waals surface area (Å²) in [5.41, 5.74) is 1.20.